The first-order valence-corrected chi connectivity index (χ1v) is 7.25. The molecule has 1 rings (SSSR count). The highest BCUT2D eigenvalue weighted by Crippen LogP contribution is 2.23. The summed E-state index contributed by atoms with van der Waals surface area (Å²) in [6.45, 7) is 10.2. The maximum Gasteiger partial charge on any atom is 0.0556 e. The highest BCUT2D eigenvalue weighted by atomic mass is 16.3. The predicted molar refractivity (Wildman–Crippen MR) is 73.2 cm³/mol. The van der Waals surface area contributed by atoms with Gasteiger partial charge in [0.15, 0.2) is 0 Å². The van der Waals surface area contributed by atoms with Gasteiger partial charge in [-0.1, -0.05) is 19.8 Å². The molecule has 0 spiro atoms. The average molecular weight is 242 g/mol. The second-order valence-electron chi connectivity index (χ2n) is 5.67. The number of nitrogens with one attached hydrogen (secondary N) is 1. The third kappa shape index (κ3) is 5.36. The summed E-state index contributed by atoms with van der Waals surface area (Å²) < 4.78 is 0. The van der Waals surface area contributed by atoms with Crippen LogP contribution >= 0.6 is 0 Å². The quantitative estimate of drug-likeness (QED) is 0.715. The summed E-state index contributed by atoms with van der Waals surface area (Å²) in [5.74, 6) is 0.835. The van der Waals surface area contributed by atoms with Gasteiger partial charge in [0.05, 0.1) is 6.61 Å². The van der Waals surface area contributed by atoms with E-state index in [9.17, 15) is 0 Å². The second kappa shape index (κ2) is 8.06. The van der Waals surface area contributed by atoms with Gasteiger partial charge in [0.1, 0.15) is 0 Å². The lowest BCUT2D eigenvalue weighted by Gasteiger charge is -2.40. The van der Waals surface area contributed by atoms with Crippen LogP contribution in [-0.2, 0) is 0 Å². The summed E-state index contributed by atoms with van der Waals surface area (Å²) in [6, 6.07) is 1.21. The van der Waals surface area contributed by atoms with Crippen molar-refractivity contribution in [3.8, 4) is 0 Å². The van der Waals surface area contributed by atoms with Crippen molar-refractivity contribution in [3.63, 3.8) is 0 Å². The van der Waals surface area contributed by atoms with Crippen molar-refractivity contribution in [2.75, 3.05) is 26.2 Å². The van der Waals surface area contributed by atoms with E-state index in [1.807, 2.05) is 0 Å². The normalized spacial score (nSPS) is 26.6. The molecule has 2 unspecified atom stereocenters. The van der Waals surface area contributed by atoms with Gasteiger partial charge in [-0.25, -0.2) is 0 Å². The minimum atomic E-state index is 0.248. The van der Waals surface area contributed by atoms with Crippen LogP contribution in [-0.4, -0.2) is 48.3 Å². The van der Waals surface area contributed by atoms with E-state index >= 15 is 0 Å². The molecule has 0 aromatic heterocycles. The number of unbranched alkanes of at least 4 members (excludes halogenated alkanes) is 1. The van der Waals surface area contributed by atoms with Crippen LogP contribution in [0.2, 0.25) is 0 Å². The van der Waals surface area contributed by atoms with E-state index in [-0.39, 0.29) is 6.61 Å². The molecule has 0 bridgehead atoms. The molecule has 2 atom stereocenters. The van der Waals surface area contributed by atoms with Crippen molar-refractivity contribution in [2.45, 2.75) is 58.5 Å². The number of piperidine rings is 1. The monoisotopic (exact) mass is 242 g/mol. The minimum Gasteiger partial charge on any atom is -0.395 e. The van der Waals surface area contributed by atoms with E-state index in [1.165, 1.54) is 32.2 Å². The Balaban J connectivity index is 2.43. The molecule has 1 aliphatic heterocycles. The number of aliphatic hydroxyl groups is 1. The van der Waals surface area contributed by atoms with Gasteiger partial charge in [-0.15, -0.1) is 0 Å². The van der Waals surface area contributed by atoms with Crippen LogP contribution in [0.5, 0.6) is 0 Å². The number of hydrogen-bond acceptors (Lipinski definition) is 3. The lowest BCUT2D eigenvalue weighted by atomic mass is 9.89. The van der Waals surface area contributed by atoms with Crippen LogP contribution < -0.4 is 5.32 Å². The molecule has 0 radical (unpaired) electrons. The number of rotatable bonds is 7. The summed E-state index contributed by atoms with van der Waals surface area (Å²) in [5.41, 5.74) is 0. The zero-order valence-electron chi connectivity index (χ0n) is 11.8. The van der Waals surface area contributed by atoms with Crippen molar-refractivity contribution in [3.05, 3.63) is 0 Å². The maximum atomic E-state index is 8.90. The summed E-state index contributed by atoms with van der Waals surface area (Å²) in [5, 5.41) is 12.4. The van der Waals surface area contributed by atoms with Gasteiger partial charge in [0.2, 0.25) is 0 Å². The Labute approximate surface area is 107 Å². The fourth-order valence-electron chi connectivity index (χ4n) is 2.78. The Hall–Kier alpha value is -0.120. The molecule has 0 aromatic rings. The zero-order valence-corrected chi connectivity index (χ0v) is 11.8. The molecule has 0 amide bonds. The van der Waals surface area contributed by atoms with E-state index in [0.717, 1.165) is 19.0 Å². The smallest absolute Gasteiger partial charge is 0.0556 e. The molecule has 102 valence electrons. The molecule has 0 saturated carbocycles. The molecule has 2 N–H and O–H groups in total. The molecule has 3 nitrogen and oxygen atoms in total. The summed E-state index contributed by atoms with van der Waals surface area (Å²) in [7, 11) is 0. The van der Waals surface area contributed by atoms with Crippen LogP contribution in [0.15, 0.2) is 0 Å². The van der Waals surface area contributed by atoms with Crippen molar-refractivity contribution in [2.24, 2.45) is 5.92 Å². The molecular formula is C14H30N2O. The Morgan fingerprint density at radius 1 is 1.35 bits per heavy atom. The predicted octanol–water partition coefficient (Wildman–Crippen LogP) is 1.86. The van der Waals surface area contributed by atoms with Crippen LogP contribution in [0.4, 0.5) is 0 Å². The largest absolute Gasteiger partial charge is 0.395 e. The van der Waals surface area contributed by atoms with Crippen molar-refractivity contribution in [1.29, 1.82) is 0 Å². The first-order valence-electron chi connectivity index (χ1n) is 7.25. The fourth-order valence-corrected chi connectivity index (χ4v) is 2.78. The third-order valence-corrected chi connectivity index (χ3v) is 3.81. The fraction of sp³-hybridized carbons (Fsp3) is 1.00. The molecule has 0 aromatic carbocycles. The molecule has 1 aliphatic rings. The molecular weight excluding hydrogens is 212 g/mol. The number of likely N-dealkylation sites (tertiary alicyclic amines) is 1. The molecule has 3 heteroatoms. The highest BCUT2D eigenvalue weighted by molar-refractivity contribution is 4.84. The Kier molecular flexibility index (Phi) is 7.09. The van der Waals surface area contributed by atoms with Gasteiger partial charge in [-0.05, 0) is 32.6 Å². The second-order valence-corrected chi connectivity index (χ2v) is 5.67. The van der Waals surface area contributed by atoms with Gasteiger partial charge >= 0.3 is 0 Å². The summed E-state index contributed by atoms with van der Waals surface area (Å²) >= 11 is 0. The first kappa shape index (κ1) is 14.9. The first-order chi connectivity index (χ1) is 8.17. The third-order valence-electron chi connectivity index (χ3n) is 3.81. The Morgan fingerprint density at radius 2 is 2.12 bits per heavy atom. The van der Waals surface area contributed by atoms with Crippen molar-refractivity contribution >= 4 is 0 Å². The highest BCUT2D eigenvalue weighted by Gasteiger charge is 2.27. The van der Waals surface area contributed by atoms with Gasteiger partial charge in [0, 0.05) is 31.7 Å². The molecule has 0 aliphatic carbocycles. The molecule has 1 heterocycles. The van der Waals surface area contributed by atoms with Crippen LogP contribution in [0, 0.1) is 5.92 Å². The van der Waals surface area contributed by atoms with Crippen molar-refractivity contribution in [1.82, 2.24) is 10.2 Å². The lowest BCUT2D eigenvalue weighted by molar-refractivity contribution is 0.104. The van der Waals surface area contributed by atoms with Gasteiger partial charge in [-0.2, -0.15) is 0 Å². The maximum absolute atomic E-state index is 8.90. The van der Waals surface area contributed by atoms with Crippen LogP contribution in [0.1, 0.15) is 46.5 Å². The van der Waals surface area contributed by atoms with Gasteiger partial charge < -0.3 is 10.4 Å². The van der Waals surface area contributed by atoms with Crippen LogP contribution in [0.25, 0.3) is 0 Å². The molecule has 17 heavy (non-hydrogen) atoms. The van der Waals surface area contributed by atoms with E-state index in [2.05, 4.69) is 31.0 Å². The minimum absolute atomic E-state index is 0.248. The standard InChI is InChI=1S/C14H30N2O/c1-4-5-6-13-9-14(15-7-8-17)11-16(10-13)12(2)3/h12-15,17H,4-11H2,1-3H3. The number of nitrogens with zero attached hydrogens (tertiary/aromatic N) is 1. The Bertz CT molecular complexity index is 181. The van der Waals surface area contributed by atoms with Gasteiger partial charge in [0.25, 0.3) is 0 Å². The molecule has 1 saturated heterocycles. The topological polar surface area (TPSA) is 35.5 Å². The van der Waals surface area contributed by atoms with Crippen LogP contribution in [0.3, 0.4) is 0 Å². The summed E-state index contributed by atoms with van der Waals surface area (Å²) in [6.07, 6.45) is 5.29. The average Bonchev–Trinajstić information content (AvgIpc) is 2.33. The number of hydrogen-bond donors (Lipinski definition) is 2. The van der Waals surface area contributed by atoms with E-state index in [0.29, 0.717) is 12.1 Å². The zero-order chi connectivity index (χ0) is 12.7. The lowest BCUT2D eigenvalue weighted by Crippen LogP contribution is -2.51. The van der Waals surface area contributed by atoms with E-state index < -0.39 is 0 Å². The summed E-state index contributed by atoms with van der Waals surface area (Å²) in [4.78, 5) is 2.58. The van der Waals surface area contributed by atoms with Crippen molar-refractivity contribution < 1.29 is 5.11 Å². The Morgan fingerprint density at radius 3 is 2.71 bits per heavy atom. The SMILES string of the molecule is CCCCC1CC(NCCO)CN(C(C)C)C1. The molecule has 1 fully saturated rings. The van der Waals surface area contributed by atoms with Gasteiger partial charge in [-0.3, -0.25) is 4.90 Å². The number of aliphatic hydroxyl groups excluding tert-OH is 1. The van der Waals surface area contributed by atoms with E-state index in [1.54, 1.807) is 0 Å². The van der Waals surface area contributed by atoms with E-state index in [4.69, 9.17) is 5.11 Å².